The number of hydrogen-bond donors (Lipinski definition) is 3. The smallest absolute Gasteiger partial charge is 0.237 e. The molecule has 0 aromatic heterocycles. The van der Waals surface area contributed by atoms with Gasteiger partial charge in [-0.15, -0.1) is 0 Å². The summed E-state index contributed by atoms with van der Waals surface area (Å²) >= 11 is 0. The van der Waals surface area contributed by atoms with Crippen molar-refractivity contribution in [1.29, 1.82) is 0 Å². The Labute approximate surface area is 114 Å². The van der Waals surface area contributed by atoms with Crippen LogP contribution in [0.25, 0.3) is 0 Å². The highest BCUT2D eigenvalue weighted by Gasteiger charge is 2.35. The van der Waals surface area contributed by atoms with E-state index >= 15 is 0 Å². The van der Waals surface area contributed by atoms with Gasteiger partial charge in [-0.1, -0.05) is 43.2 Å². The number of carbonyl (C=O) groups excluding carboxylic acids is 1. The summed E-state index contributed by atoms with van der Waals surface area (Å²) in [5.74, 6) is -0.167. The quantitative estimate of drug-likeness (QED) is 0.740. The molecule has 19 heavy (non-hydrogen) atoms. The first-order valence-electron chi connectivity index (χ1n) is 6.88. The molecule has 0 heterocycles. The van der Waals surface area contributed by atoms with Crippen LogP contribution < -0.4 is 11.1 Å². The molecule has 0 radical (unpaired) electrons. The second kappa shape index (κ2) is 6.17. The van der Waals surface area contributed by atoms with Gasteiger partial charge >= 0.3 is 0 Å². The first kappa shape index (κ1) is 14.0. The third-order valence-corrected chi connectivity index (χ3v) is 3.89. The van der Waals surface area contributed by atoms with Crippen molar-refractivity contribution in [2.24, 2.45) is 5.73 Å². The van der Waals surface area contributed by atoms with Gasteiger partial charge in [-0.25, -0.2) is 0 Å². The molecule has 0 spiro atoms. The zero-order valence-electron chi connectivity index (χ0n) is 11.1. The number of carbonyl (C=O) groups is 1. The molecule has 4 N–H and O–H groups in total. The van der Waals surface area contributed by atoms with Gasteiger partial charge < -0.3 is 16.2 Å². The third kappa shape index (κ3) is 3.55. The first-order valence-corrected chi connectivity index (χ1v) is 6.88. The van der Waals surface area contributed by atoms with Crippen LogP contribution in [0.5, 0.6) is 0 Å². The number of nitrogens with two attached hydrogens (primary N) is 1. The predicted octanol–water partition coefficient (Wildman–Crippen LogP) is 0.978. The number of hydrogen-bond acceptors (Lipinski definition) is 3. The maximum absolute atomic E-state index is 12.1. The zero-order chi connectivity index (χ0) is 13.7. The van der Waals surface area contributed by atoms with Crippen LogP contribution in [0.15, 0.2) is 30.3 Å². The van der Waals surface area contributed by atoms with Crippen molar-refractivity contribution in [2.45, 2.75) is 43.7 Å². The normalized spacial score (nSPS) is 19.1. The monoisotopic (exact) mass is 262 g/mol. The van der Waals surface area contributed by atoms with E-state index in [1.54, 1.807) is 0 Å². The first-order chi connectivity index (χ1) is 9.15. The molecule has 0 saturated heterocycles. The molecule has 4 heteroatoms. The molecule has 1 unspecified atom stereocenters. The Morgan fingerprint density at radius 1 is 1.32 bits per heavy atom. The van der Waals surface area contributed by atoms with Crippen LogP contribution in [-0.2, 0) is 11.2 Å². The fourth-order valence-corrected chi connectivity index (χ4v) is 2.69. The molecule has 1 saturated carbocycles. The lowest BCUT2D eigenvalue weighted by Crippen LogP contribution is -2.54. The molecule has 1 amide bonds. The second-order valence-corrected chi connectivity index (χ2v) is 5.43. The molecule has 104 valence electrons. The fourth-order valence-electron chi connectivity index (χ4n) is 2.69. The Bertz CT molecular complexity index is 413. The molecular formula is C15H22N2O2. The average Bonchev–Trinajstić information content (AvgIpc) is 2.89. The van der Waals surface area contributed by atoms with Crippen LogP contribution in [0.4, 0.5) is 0 Å². The molecular weight excluding hydrogens is 240 g/mol. The fraction of sp³-hybridized carbons (Fsp3) is 0.533. The van der Waals surface area contributed by atoms with Gasteiger partial charge in [0.25, 0.3) is 0 Å². The maximum Gasteiger partial charge on any atom is 0.237 e. The van der Waals surface area contributed by atoms with Crippen LogP contribution in [0.3, 0.4) is 0 Å². The molecule has 1 aromatic carbocycles. The Morgan fingerprint density at radius 3 is 2.53 bits per heavy atom. The minimum absolute atomic E-state index is 0.00318. The maximum atomic E-state index is 12.1. The number of amides is 1. The molecule has 4 nitrogen and oxygen atoms in total. The highest BCUT2D eigenvalue weighted by molar-refractivity contribution is 5.82. The summed E-state index contributed by atoms with van der Waals surface area (Å²) in [5, 5.41) is 12.4. The van der Waals surface area contributed by atoms with Gasteiger partial charge in [0.2, 0.25) is 5.91 Å². The standard InChI is InChI=1S/C15H22N2O2/c16-13(10-12-6-2-1-3-7-12)14(19)17-15(11-18)8-4-5-9-15/h1-3,6-7,13,18H,4-5,8-11,16H2,(H,17,19). The molecule has 0 aliphatic heterocycles. The van der Waals surface area contributed by atoms with Gasteiger partial charge in [0, 0.05) is 0 Å². The van der Waals surface area contributed by atoms with E-state index < -0.39 is 11.6 Å². The molecule has 0 bridgehead atoms. The van der Waals surface area contributed by atoms with Crippen molar-refractivity contribution in [3.8, 4) is 0 Å². The SMILES string of the molecule is NC(Cc1ccccc1)C(=O)NC1(CO)CCCC1. The van der Waals surface area contributed by atoms with Gasteiger partial charge in [-0.2, -0.15) is 0 Å². The Hall–Kier alpha value is -1.39. The van der Waals surface area contributed by atoms with Gasteiger partial charge in [0.15, 0.2) is 0 Å². The number of aliphatic hydroxyl groups is 1. The van der Waals surface area contributed by atoms with E-state index in [1.165, 1.54) is 0 Å². The van der Waals surface area contributed by atoms with E-state index in [2.05, 4.69) is 5.32 Å². The Balaban J connectivity index is 1.92. The average molecular weight is 262 g/mol. The van der Waals surface area contributed by atoms with Crippen LogP contribution in [0, 0.1) is 0 Å². The third-order valence-electron chi connectivity index (χ3n) is 3.89. The van der Waals surface area contributed by atoms with E-state index in [0.29, 0.717) is 6.42 Å². The van der Waals surface area contributed by atoms with Gasteiger partial charge in [-0.05, 0) is 24.8 Å². The van der Waals surface area contributed by atoms with E-state index in [-0.39, 0.29) is 12.5 Å². The number of benzene rings is 1. The molecule has 1 aliphatic carbocycles. The predicted molar refractivity (Wildman–Crippen MR) is 74.5 cm³/mol. The van der Waals surface area contributed by atoms with Crippen molar-refractivity contribution in [2.75, 3.05) is 6.61 Å². The molecule has 2 rings (SSSR count). The summed E-state index contributed by atoms with van der Waals surface area (Å²) in [4.78, 5) is 12.1. The molecule has 1 aliphatic rings. The summed E-state index contributed by atoms with van der Waals surface area (Å²) in [7, 11) is 0. The highest BCUT2D eigenvalue weighted by atomic mass is 16.3. The van der Waals surface area contributed by atoms with Crippen LogP contribution >= 0.6 is 0 Å². The molecule has 1 fully saturated rings. The van der Waals surface area contributed by atoms with Gasteiger partial charge in [-0.3, -0.25) is 4.79 Å². The van der Waals surface area contributed by atoms with Gasteiger partial charge in [0.05, 0.1) is 18.2 Å². The topological polar surface area (TPSA) is 75.4 Å². The Kier molecular flexibility index (Phi) is 4.56. The van der Waals surface area contributed by atoms with Crippen molar-refractivity contribution < 1.29 is 9.90 Å². The van der Waals surface area contributed by atoms with E-state index in [0.717, 1.165) is 31.2 Å². The number of nitrogens with one attached hydrogen (secondary N) is 1. The van der Waals surface area contributed by atoms with E-state index in [1.807, 2.05) is 30.3 Å². The minimum atomic E-state index is -0.563. The summed E-state index contributed by atoms with van der Waals surface area (Å²) in [6.45, 7) is -0.00318. The second-order valence-electron chi connectivity index (χ2n) is 5.43. The van der Waals surface area contributed by atoms with Crippen molar-refractivity contribution in [1.82, 2.24) is 5.32 Å². The summed E-state index contributed by atoms with van der Waals surface area (Å²) < 4.78 is 0. The molecule has 1 aromatic rings. The lowest BCUT2D eigenvalue weighted by molar-refractivity contribution is -0.124. The summed E-state index contributed by atoms with van der Waals surface area (Å²) in [6, 6.07) is 9.17. The zero-order valence-corrected chi connectivity index (χ0v) is 11.1. The molecule has 1 atom stereocenters. The summed E-state index contributed by atoms with van der Waals surface area (Å²) in [6.07, 6.45) is 4.30. The van der Waals surface area contributed by atoms with Crippen LogP contribution in [-0.4, -0.2) is 29.2 Å². The van der Waals surface area contributed by atoms with Gasteiger partial charge in [0.1, 0.15) is 0 Å². The van der Waals surface area contributed by atoms with E-state index in [4.69, 9.17) is 5.73 Å². The minimum Gasteiger partial charge on any atom is -0.394 e. The van der Waals surface area contributed by atoms with Crippen molar-refractivity contribution in [3.05, 3.63) is 35.9 Å². The Morgan fingerprint density at radius 2 is 1.95 bits per heavy atom. The van der Waals surface area contributed by atoms with Crippen molar-refractivity contribution >= 4 is 5.91 Å². The largest absolute Gasteiger partial charge is 0.394 e. The lowest BCUT2D eigenvalue weighted by atomic mass is 9.97. The van der Waals surface area contributed by atoms with E-state index in [9.17, 15) is 9.90 Å². The summed E-state index contributed by atoms with van der Waals surface area (Å²) in [5.41, 5.74) is 6.56. The number of aliphatic hydroxyl groups excluding tert-OH is 1. The lowest BCUT2D eigenvalue weighted by Gasteiger charge is -2.29. The number of rotatable bonds is 5. The highest BCUT2D eigenvalue weighted by Crippen LogP contribution is 2.29. The van der Waals surface area contributed by atoms with Crippen molar-refractivity contribution in [3.63, 3.8) is 0 Å². The van der Waals surface area contributed by atoms with Crippen LogP contribution in [0.1, 0.15) is 31.2 Å². The van der Waals surface area contributed by atoms with Crippen LogP contribution in [0.2, 0.25) is 0 Å².